The van der Waals surface area contributed by atoms with Crippen LogP contribution in [0.15, 0.2) is 121 Å². The van der Waals surface area contributed by atoms with Gasteiger partial charge in [0.15, 0.2) is 0 Å². The predicted molar refractivity (Wildman–Crippen MR) is 128 cm³/mol. The van der Waals surface area contributed by atoms with Crippen LogP contribution in [0.5, 0.6) is 0 Å². The zero-order valence-corrected chi connectivity index (χ0v) is 17.4. The van der Waals surface area contributed by atoms with Crippen molar-refractivity contribution in [1.82, 2.24) is 5.32 Å². The average Bonchev–Trinajstić information content (AvgIpc) is 2.84. The van der Waals surface area contributed by atoms with Crippen LogP contribution in [0.4, 0.5) is 11.4 Å². The van der Waals surface area contributed by atoms with Gasteiger partial charge in [0.1, 0.15) is 0 Å². The van der Waals surface area contributed by atoms with Gasteiger partial charge >= 0.3 is 0 Å². The summed E-state index contributed by atoms with van der Waals surface area (Å²) < 4.78 is 0. The largest absolute Gasteiger partial charge is 0.307 e. The molecule has 0 aromatic heterocycles. The van der Waals surface area contributed by atoms with Gasteiger partial charge in [0.05, 0.1) is 6.54 Å². The van der Waals surface area contributed by atoms with Crippen LogP contribution in [0.1, 0.15) is 17.0 Å². The van der Waals surface area contributed by atoms with Crippen LogP contribution in [-0.4, -0.2) is 19.0 Å². The standard InChI is InChI=1S/C28H26N2O/c31-28(30(25-17-9-3-10-18-25)26-19-11-4-12-20-26)22-29-21-27(23-13-5-1-6-14-23)24-15-7-2-8-16-24/h1-20,27,29H,21-22H2. The molecule has 0 unspecified atom stereocenters. The van der Waals surface area contributed by atoms with Gasteiger partial charge in [-0.25, -0.2) is 0 Å². The molecule has 154 valence electrons. The summed E-state index contributed by atoms with van der Waals surface area (Å²) >= 11 is 0. The van der Waals surface area contributed by atoms with Crippen molar-refractivity contribution in [2.75, 3.05) is 18.0 Å². The quantitative estimate of drug-likeness (QED) is 0.403. The van der Waals surface area contributed by atoms with E-state index in [-0.39, 0.29) is 18.4 Å². The highest BCUT2D eigenvalue weighted by Crippen LogP contribution is 2.26. The summed E-state index contributed by atoms with van der Waals surface area (Å²) in [5.74, 6) is 0.189. The van der Waals surface area contributed by atoms with Crippen molar-refractivity contribution in [3.63, 3.8) is 0 Å². The summed E-state index contributed by atoms with van der Waals surface area (Å²) in [6.07, 6.45) is 0. The highest BCUT2D eigenvalue weighted by atomic mass is 16.2. The predicted octanol–water partition coefficient (Wildman–Crippen LogP) is 5.77. The number of carbonyl (C=O) groups is 1. The molecule has 1 N–H and O–H groups in total. The van der Waals surface area contributed by atoms with Crippen LogP contribution in [0, 0.1) is 0 Å². The maximum atomic E-state index is 13.3. The molecule has 0 spiro atoms. The molecule has 1 amide bonds. The number of hydrogen-bond donors (Lipinski definition) is 1. The lowest BCUT2D eigenvalue weighted by Gasteiger charge is -2.24. The summed E-state index contributed by atoms with van der Waals surface area (Å²) in [5, 5.41) is 3.41. The van der Waals surface area contributed by atoms with Crippen LogP contribution in [0.3, 0.4) is 0 Å². The highest BCUT2D eigenvalue weighted by molar-refractivity contribution is 6.01. The molecule has 0 aliphatic carbocycles. The fourth-order valence-electron chi connectivity index (χ4n) is 3.79. The van der Waals surface area contributed by atoms with Crippen LogP contribution in [0.2, 0.25) is 0 Å². The molecule has 4 aromatic carbocycles. The number of amides is 1. The average molecular weight is 407 g/mol. The second-order valence-corrected chi connectivity index (χ2v) is 7.41. The molecule has 0 saturated carbocycles. The van der Waals surface area contributed by atoms with Crippen molar-refractivity contribution < 1.29 is 4.79 Å². The Kier molecular flexibility index (Phi) is 6.89. The second-order valence-electron chi connectivity index (χ2n) is 7.41. The molecule has 0 fully saturated rings. The first-order chi connectivity index (χ1) is 15.3. The van der Waals surface area contributed by atoms with E-state index in [0.29, 0.717) is 6.54 Å². The third kappa shape index (κ3) is 5.27. The smallest absolute Gasteiger partial charge is 0.245 e. The SMILES string of the molecule is O=C(CNCC(c1ccccc1)c1ccccc1)N(c1ccccc1)c1ccccc1. The molecule has 4 rings (SSSR count). The van der Waals surface area contributed by atoms with Gasteiger partial charge in [-0.1, -0.05) is 97.1 Å². The number of hydrogen-bond acceptors (Lipinski definition) is 2. The number of para-hydroxylation sites is 2. The van der Waals surface area contributed by atoms with Gasteiger partial charge in [-0.05, 0) is 35.4 Å². The zero-order valence-electron chi connectivity index (χ0n) is 17.4. The molecule has 0 aliphatic heterocycles. The molecule has 4 aromatic rings. The van der Waals surface area contributed by atoms with E-state index in [0.717, 1.165) is 11.4 Å². The molecule has 31 heavy (non-hydrogen) atoms. The van der Waals surface area contributed by atoms with Crippen molar-refractivity contribution in [2.24, 2.45) is 0 Å². The fourth-order valence-corrected chi connectivity index (χ4v) is 3.79. The molecule has 0 atom stereocenters. The zero-order chi connectivity index (χ0) is 21.3. The van der Waals surface area contributed by atoms with Crippen LogP contribution in [0.25, 0.3) is 0 Å². The minimum Gasteiger partial charge on any atom is -0.307 e. The first-order valence-electron chi connectivity index (χ1n) is 10.6. The monoisotopic (exact) mass is 406 g/mol. The van der Waals surface area contributed by atoms with E-state index in [4.69, 9.17) is 0 Å². The summed E-state index contributed by atoms with van der Waals surface area (Å²) in [5.41, 5.74) is 4.19. The normalized spacial score (nSPS) is 10.7. The highest BCUT2D eigenvalue weighted by Gasteiger charge is 2.19. The van der Waals surface area contributed by atoms with Gasteiger partial charge in [0.25, 0.3) is 0 Å². The molecule has 0 aliphatic rings. The first kappa shape index (κ1) is 20.6. The molecule has 3 heteroatoms. The van der Waals surface area contributed by atoms with Crippen molar-refractivity contribution >= 4 is 17.3 Å². The Labute approximate surface area is 184 Å². The van der Waals surface area contributed by atoms with Gasteiger partial charge in [0.2, 0.25) is 5.91 Å². The Morgan fingerprint density at radius 3 is 1.42 bits per heavy atom. The Morgan fingerprint density at radius 1 is 0.613 bits per heavy atom. The van der Waals surface area contributed by atoms with Crippen molar-refractivity contribution in [1.29, 1.82) is 0 Å². The second kappa shape index (κ2) is 10.4. The molecule has 0 radical (unpaired) electrons. The first-order valence-corrected chi connectivity index (χ1v) is 10.6. The molecule has 0 saturated heterocycles. The van der Waals surface area contributed by atoms with Gasteiger partial charge in [-0.3, -0.25) is 9.69 Å². The van der Waals surface area contributed by atoms with Gasteiger partial charge in [0, 0.05) is 23.8 Å². The molecular weight excluding hydrogens is 380 g/mol. The minimum atomic E-state index is 0.0114. The maximum absolute atomic E-state index is 13.3. The number of nitrogens with zero attached hydrogens (tertiary/aromatic N) is 1. The van der Waals surface area contributed by atoms with Crippen molar-refractivity contribution in [3.05, 3.63) is 132 Å². The Balaban J connectivity index is 1.50. The fraction of sp³-hybridized carbons (Fsp3) is 0.107. The number of rotatable bonds is 8. The van der Waals surface area contributed by atoms with E-state index in [1.807, 2.05) is 72.8 Å². The Bertz CT molecular complexity index is 988. The van der Waals surface area contributed by atoms with Crippen molar-refractivity contribution in [3.8, 4) is 0 Å². The minimum absolute atomic E-state index is 0.0114. The van der Waals surface area contributed by atoms with E-state index >= 15 is 0 Å². The number of benzene rings is 4. The summed E-state index contributed by atoms with van der Waals surface area (Å²) in [4.78, 5) is 15.0. The lowest BCUT2D eigenvalue weighted by molar-refractivity contribution is -0.117. The van der Waals surface area contributed by atoms with Crippen LogP contribution in [-0.2, 0) is 4.79 Å². The van der Waals surface area contributed by atoms with Crippen LogP contribution >= 0.6 is 0 Å². The van der Waals surface area contributed by atoms with E-state index in [1.54, 1.807) is 4.90 Å². The topological polar surface area (TPSA) is 32.3 Å². The Morgan fingerprint density at radius 2 is 1.00 bits per heavy atom. The molecular formula is C28H26N2O. The lowest BCUT2D eigenvalue weighted by Crippen LogP contribution is -2.37. The summed E-state index contributed by atoms with van der Waals surface area (Å²) in [6, 6.07) is 40.4. The van der Waals surface area contributed by atoms with E-state index in [2.05, 4.69) is 53.8 Å². The number of carbonyl (C=O) groups excluding carboxylic acids is 1. The molecule has 3 nitrogen and oxygen atoms in total. The third-order valence-electron chi connectivity index (χ3n) is 5.31. The number of nitrogens with one attached hydrogen (secondary N) is 1. The Hall–Kier alpha value is -3.69. The van der Waals surface area contributed by atoms with Gasteiger partial charge in [-0.15, -0.1) is 0 Å². The van der Waals surface area contributed by atoms with E-state index < -0.39 is 0 Å². The summed E-state index contributed by atoms with van der Waals surface area (Å²) in [6.45, 7) is 0.928. The van der Waals surface area contributed by atoms with E-state index in [9.17, 15) is 4.79 Å². The van der Waals surface area contributed by atoms with Crippen molar-refractivity contribution in [2.45, 2.75) is 5.92 Å². The van der Waals surface area contributed by atoms with Gasteiger partial charge < -0.3 is 5.32 Å². The maximum Gasteiger partial charge on any atom is 0.245 e. The summed E-state index contributed by atoms with van der Waals surface area (Å²) in [7, 11) is 0. The third-order valence-corrected chi connectivity index (χ3v) is 5.31. The van der Waals surface area contributed by atoms with Crippen LogP contribution < -0.4 is 10.2 Å². The van der Waals surface area contributed by atoms with E-state index in [1.165, 1.54) is 11.1 Å². The molecule has 0 bridgehead atoms. The van der Waals surface area contributed by atoms with Gasteiger partial charge in [-0.2, -0.15) is 0 Å². The lowest BCUT2D eigenvalue weighted by atomic mass is 9.91. The number of anilines is 2. The molecule has 0 heterocycles.